The molecule has 0 saturated carbocycles. The number of aromatic nitrogens is 2. The van der Waals surface area contributed by atoms with Gasteiger partial charge in [-0.1, -0.05) is 12.1 Å². The van der Waals surface area contributed by atoms with E-state index in [9.17, 15) is 0 Å². The summed E-state index contributed by atoms with van der Waals surface area (Å²) in [4.78, 5) is 4.63. The minimum absolute atomic E-state index is 0.621. The fourth-order valence-electron chi connectivity index (χ4n) is 2.08. The van der Waals surface area contributed by atoms with Crippen LogP contribution >= 0.6 is 0 Å². The van der Waals surface area contributed by atoms with Crippen LogP contribution in [0, 0.1) is 6.92 Å². The lowest BCUT2D eigenvalue weighted by Crippen LogP contribution is -2.08. The Kier molecular flexibility index (Phi) is 3.67. The maximum atomic E-state index is 5.68. The number of hydrogen-bond donors (Lipinski definition) is 1. The van der Waals surface area contributed by atoms with Crippen LogP contribution < -0.4 is 10.5 Å². The molecule has 96 valence electrons. The molecule has 0 spiro atoms. The van der Waals surface area contributed by atoms with Crippen LogP contribution in [-0.4, -0.2) is 23.2 Å². The minimum atomic E-state index is 0.621. The van der Waals surface area contributed by atoms with Crippen molar-refractivity contribution in [1.29, 1.82) is 0 Å². The smallest absolute Gasteiger partial charge is 0.119 e. The van der Waals surface area contributed by atoms with E-state index in [0.29, 0.717) is 6.54 Å². The molecule has 1 heterocycles. The first-order valence-electron chi connectivity index (χ1n) is 6.04. The Morgan fingerprint density at radius 2 is 2.17 bits per heavy atom. The molecule has 4 heteroatoms. The second-order valence-corrected chi connectivity index (χ2v) is 4.28. The molecule has 2 rings (SSSR count). The summed E-state index contributed by atoms with van der Waals surface area (Å²) in [7, 11) is 3.70. The number of benzene rings is 1. The molecule has 0 aliphatic rings. The van der Waals surface area contributed by atoms with Crippen molar-refractivity contribution in [2.24, 2.45) is 12.8 Å². The van der Waals surface area contributed by atoms with Crippen LogP contribution in [0.15, 0.2) is 24.3 Å². The number of nitrogens with two attached hydrogens (primary N) is 1. The number of methoxy groups -OCH3 is 1. The van der Waals surface area contributed by atoms with E-state index in [1.165, 1.54) is 5.69 Å². The first kappa shape index (κ1) is 12.6. The molecule has 0 fully saturated rings. The fraction of sp³-hybridized carbons (Fsp3) is 0.357. The van der Waals surface area contributed by atoms with Gasteiger partial charge in [-0.15, -0.1) is 0 Å². The number of imidazole rings is 1. The molecule has 18 heavy (non-hydrogen) atoms. The topological polar surface area (TPSA) is 53.1 Å². The third-order valence-electron chi connectivity index (χ3n) is 3.16. The Labute approximate surface area is 107 Å². The van der Waals surface area contributed by atoms with E-state index in [1.807, 2.05) is 38.2 Å². The van der Waals surface area contributed by atoms with E-state index in [1.54, 1.807) is 7.11 Å². The second-order valence-electron chi connectivity index (χ2n) is 4.28. The molecule has 0 radical (unpaired) electrons. The average molecular weight is 245 g/mol. The van der Waals surface area contributed by atoms with Crippen molar-refractivity contribution < 1.29 is 4.74 Å². The standard InChI is InChI=1S/C14H19N3O/c1-10-16-14(13(7-8-15)17(10)2)11-5-4-6-12(9-11)18-3/h4-6,9H,7-8,15H2,1-3H3. The van der Waals surface area contributed by atoms with Crippen LogP contribution in [0.3, 0.4) is 0 Å². The molecule has 2 aromatic rings. The molecule has 0 amide bonds. The first-order valence-corrected chi connectivity index (χ1v) is 6.04. The zero-order valence-electron chi connectivity index (χ0n) is 11.1. The molecule has 0 atom stereocenters. The van der Waals surface area contributed by atoms with E-state index < -0.39 is 0 Å². The van der Waals surface area contributed by atoms with Crippen LogP contribution in [0.25, 0.3) is 11.3 Å². The van der Waals surface area contributed by atoms with Gasteiger partial charge in [-0.3, -0.25) is 0 Å². The van der Waals surface area contributed by atoms with E-state index in [2.05, 4.69) is 9.55 Å². The zero-order chi connectivity index (χ0) is 13.1. The molecule has 0 unspecified atom stereocenters. The summed E-state index contributed by atoms with van der Waals surface area (Å²) in [5.41, 5.74) is 8.92. The van der Waals surface area contributed by atoms with Gasteiger partial charge >= 0.3 is 0 Å². The van der Waals surface area contributed by atoms with Crippen molar-refractivity contribution in [3.05, 3.63) is 35.8 Å². The van der Waals surface area contributed by atoms with Gasteiger partial charge in [0.25, 0.3) is 0 Å². The zero-order valence-corrected chi connectivity index (χ0v) is 11.1. The third-order valence-corrected chi connectivity index (χ3v) is 3.16. The van der Waals surface area contributed by atoms with Crippen molar-refractivity contribution in [2.75, 3.05) is 13.7 Å². The lowest BCUT2D eigenvalue weighted by molar-refractivity contribution is 0.415. The molecule has 4 nitrogen and oxygen atoms in total. The fourth-order valence-corrected chi connectivity index (χ4v) is 2.08. The molecule has 0 aliphatic carbocycles. The number of aryl methyl sites for hydroxylation is 1. The summed E-state index contributed by atoms with van der Waals surface area (Å²) in [6.45, 7) is 2.62. The molecule has 0 saturated heterocycles. The van der Waals surface area contributed by atoms with Gasteiger partial charge in [0.15, 0.2) is 0 Å². The van der Waals surface area contributed by atoms with Gasteiger partial charge in [0.2, 0.25) is 0 Å². The van der Waals surface area contributed by atoms with Crippen molar-refractivity contribution in [2.45, 2.75) is 13.3 Å². The molecular weight excluding hydrogens is 226 g/mol. The molecular formula is C14H19N3O. The lowest BCUT2D eigenvalue weighted by Gasteiger charge is -2.06. The summed E-state index contributed by atoms with van der Waals surface area (Å²) in [5.74, 6) is 1.84. The van der Waals surface area contributed by atoms with Crippen LogP contribution in [0.1, 0.15) is 11.5 Å². The van der Waals surface area contributed by atoms with E-state index >= 15 is 0 Å². The minimum Gasteiger partial charge on any atom is -0.497 e. The average Bonchev–Trinajstić information content (AvgIpc) is 2.68. The molecule has 2 N–H and O–H groups in total. The maximum absolute atomic E-state index is 5.68. The highest BCUT2D eigenvalue weighted by Crippen LogP contribution is 2.26. The number of rotatable bonds is 4. The summed E-state index contributed by atoms with van der Waals surface area (Å²) >= 11 is 0. The van der Waals surface area contributed by atoms with Gasteiger partial charge in [0.05, 0.1) is 12.8 Å². The highest BCUT2D eigenvalue weighted by Gasteiger charge is 2.13. The Morgan fingerprint density at radius 1 is 1.39 bits per heavy atom. The Morgan fingerprint density at radius 3 is 2.83 bits per heavy atom. The van der Waals surface area contributed by atoms with E-state index in [4.69, 9.17) is 10.5 Å². The quantitative estimate of drug-likeness (QED) is 0.895. The van der Waals surface area contributed by atoms with Crippen LogP contribution in [-0.2, 0) is 13.5 Å². The van der Waals surface area contributed by atoms with Crippen LogP contribution in [0.5, 0.6) is 5.75 Å². The van der Waals surface area contributed by atoms with Crippen molar-refractivity contribution in [3.63, 3.8) is 0 Å². The Bertz CT molecular complexity index is 546. The van der Waals surface area contributed by atoms with Crippen molar-refractivity contribution in [3.8, 4) is 17.0 Å². The predicted molar refractivity (Wildman–Crippen MR) is 72.7 cm³/mol. The molecule has 1 aromatic heterocycles. The largest absolute Gasteiger partial charge is 0.497 e. The van der Waals surface area contributed by atoms with E-state index in [0.717, 1.165) is 29.3 Å². The van der Waals surface area contributed by atoms with Gasteiger partial charge in [-0.25, -0.2) is 4.98 Å². The number of ether oxygens (including phenoxy) is 1. The first-order chi connectivity index (χ1) is 8.67. The highest BCUT2D eigenvalue weighted by atomic mass is 16.5. The third kappa shape index (κ3) is 2.24. The molecule has 1 aromatic carbocycles. The van der Waals surface area contributed by atoms with Crippen LogP contribution in [0.2, 0.25) is 0 Å². The Hall–Kier alpha value is -1.81. The second kappa shape index (κ2) is 5.23. The van der Waals surface area contributed by atoms with Gasteiger partial charge in [0.1, 0.15) is 11.6 Å². The normalized spacial score (nSPS) is 10.7. The number of nitrogens with zero attached hydrogens (tertiary/aromatic N) is 2. The number of hydrogen-bond acceptors (Lipinski definition) is 3. The maximum Gasteiger partial charge on any atom is 0.119 e. The summed E-state index contributed by atoms with van der Waals surface area (Å²) in [6.07, 6.45) is 0.823. The summed E-state index contributed by atoms with van der Waals surface area (Å²) in [6, 6.07) is 7.96. The molecule has 0 aliphatic heterocycles. The monoisotopic (exact) mass is 245 g/mol. The predicted octanol–water partition coefficient (Wildman–Crippen LogP) is 1.91. The summed E-state index contributed by atoms with van der Waals surface area (Å²) in [5, 5.41) is 0. The van der Waals surface area contributed by atoms with E-state index in [-0.39, 0.29) is 0 Å². The van der Waals surface area contributed by atoms with Gasteiger partial charge < -0.3 is 15.0 Å². The van der Waals surface area contributed by atoms with Crippen LogP contribution in [0.4, 0.5) is 0 Å². The Balaban J connectivity index is 2.52. The highest BCUT2D eigenvalue weighted by molar-refractivity contribution is 5.64. The van der Waals surface area contributed by atoms with Gasteiger partial charge in [-0.05, 0) is 25.6 Å². The van der Waals surface area contributed by atoms with Crippen molar-refractivity contribution in [1.82, 2.24) is 9.55 Å². The van der Waals surface area contributed by atoms with Crippen molar-refractivity contribution >= 4 is 0 Å². The van der Waals surface area contributed by atoms with Gasteiger partial charge in [-0.2, -0.15) is 0 Å². The molecule has 0 bridgehead atoms. The SMILES string of the molecule is COc1cccc(-c2nc(C)n(C)c2CCN)c1. The summed E-state index contributed by atoms with van der Waals surface area (Å²) < 4.78 is 7.35. The lowest BCUT2D eigenvalue weighted by atomic mass is 10.1. The van der Waals surface area contributed by atoms with Gasteiger partial charge in [0, 0.05) is 24.7 Å².